The normalized spacial score (nSPS) is 21.6. The number of rotatable bonds is 4. The molecular weight excluding hydrogens is 268 g/mol. The molecule has 3 rings (SSSR count). The van der Waals surface area contributed by atoms with Crippen LogP contribution in [0.5, 0.6) is 0 Å². The van der Waals surface area contributed by atoms with E-state index in [9.17, 15) is 4.79 Å². The third-order valence-electron chi connectivity index (χ3n) is 3.99. The number of amides is 1. The highest BCUT2D eigenvalue weighted by Crippen LogP contribution is 2.28. The van der Waals surface area contributed by atoms with E-state index in [0.29, 0.717) is 13.1 Å². The minimum Gasteiger partial charge on any atom is -0.467 e. The topological polar surface area (TPSA) is 63.3 Å². The summed E-state index contributed by atoms with van der Waals surface area (Å²) in [5.41, 5.74) is 0.979. The van der Waals surface area contributed by atoms with Crippen LogP contribution in [-0.2, 0) is 18.4 Å². The summed E-state index contributed by atoms with van der Waals surface area (Å²) in [5.74, 6) is 0.996. The SMILES string of the molecule is CN(Cc1ccco1)C(=O)[C@@H]1CNC[C@H]1c1cn(C)cn1. The lowest BCUT2D eigenvalue weighted by atomic mass is 9.92. The molecule has 0 saturated carbocycles. The van der Waals surface area contributed by atoms with Crippen LogP contribution in [0.15, 0.2) is 35.3 Å². The Bertz CT molecular complexity index is 605. The molecule has 6 heteroatoms. The van der Waals surface area contributed by atoms with Crippen LogP contribution in [0.4, 0.5) is 0 Å². The fourth-order valence-corrected chi connectivity index (χ4v) is 2.87. The number of carbonyl (C=O) groups is 1. The number of hydrogen-bond acceptors (Lipinski definition) is 4. The molecule has 2 aromatic heterocycles. The number of nitrogens with one attached hydrogen (secondary N) is 1. The molecule has 6 nitrogen and oxygen atoms in total. The second kappa shape index (κ2) is 5.73. The van der Waals surface area contributed by atoms with Crippen LogP contribution < -0.4 is 5.32 Å². The summed E-state index contributed by atoms with van der Waals surface area (Å²) in [6.45, 7) is 1.99. The van der Waals surface area contributed by atoms with Crippen LogP contribution in [0.3, 0.4) is 0 Å². The van der Waals surface area contributed by atoms with Crippen LogP contribution >= 0.6 is 0 Å². The van der Waals surface area contributed by atoms with Gasteiger partial charge >= 0.3 is 0 Å². The van der Waals surface area contributed by atoms with Gasteiger partial charge in [-0.1, -0.05) is 0 Å². The molecule has 0 aromatic carbocycles. The van der Waals surface area contributed by atoms with Gasteiger partial charge in [-0.3, -0.25) is 4.79 Å². The highest BCUT2D eigenvalue weighted by atomic mass is 16.3. The van der Waals surface area contributed by atoms with Crippen molar-refractivity contribution in [2.75, 3.05) is 20.1 Å². The number of hydrogen-bond donors (Lipinski definition) is 1. The summed E-state index contributed by atoms with van der Waals surface area (Å²) in [4.78, 5) is 18.8. The van der Waals surface area contributed by atoms with Crippen molar-refractivity contribution in [1.82, 2.24) is 19.8 Å². The van der Waals surface area contributed by atoms with E-state index < -0.39 is 0 Å². The van der Waals surface area contributed by atoms with E-state index in [2.05, 4.69) is 10.3 Å². The monoisotopic (exact) mass is 288 g/mol. The van der Waals surface area contributed by atoms with Gasteiger partial charge in [0.05, 0.1) is 30.7 Å². The standard InChI is InChI=1S/C15H20N4O2/c1-18-9-14(17-10-18)12-6-16-7-13(12)15(20)19(2)8-11-4-3-5-21-11/h3-5,9-10,12-13,16H,6-8H2,1-2H3/t12-,13-/m1/s1. The summed E-state index contributed by atoms with van der Waals surface area (Å²) in [5, 5.41) is 3.30. The van der Waals surface area contributed by atoms with E-state index in [1.54, 1.807) is 17.5 Å². The quantitative estimate of drug-likeness (QED) is 0.911. The molecule has 1 amide bonds. The van der Waals surface area contributed by atoms with Crippen LogP contribution in [0.2, 0.25) is 0 Å². The maximum atomic E-state index is 12.7. The zero-order chi connectivity index (χ0) is 14.8. The maximum Gasteiger partial charge on any atom is 0.227 e. The Morgan fingerprint density at radius 2 is 2.43 bits per heavy atom. The highest BCUT2D eigenvalue weighted by Gasteiger charge is 2.36. The van der Waals surface area contributed by atoms with Crippen LogP contribution in [0.25, 0.3) is 0 Å². The Balaban J connectivity index is 1.70. The van der Waals surface area contributed by atoms with Gasteiger partial charge in [-0.25, -0.2) is 4.98 Å². The largest absolute Gasteiger partial charge is 0.467 e. The number of aryl methyl sites for hydroxylation is 1. The number of carbonyl (C=O) groups excluding carboxylic acids is 1. The molecule has 2 aromatic rings. The molecule has 1 aliphatic rings. The molecule has 0 aliphatic carbocycles. The van der Waals surface area contributed by atoms with Gasteiger partial charge in [-0.2, -0.15) is 0 Å². The van der Waals surface area contributed by atoms with Crippen molar-refractivity contribution < 1.29 is 9.21 Å². The average molecular weight is 288 g/mol. The first kappa shape index (κ1) is 13.9. The van der Waals surface area contributed by atoms with Gasteiger partial charge in [0.15, 0.2) is 0 Å². The third kappa shape index (κ3) is 2.85. The second-order valence-corrected chi connectivity index (χ2v) is 5.61. The van der Waals surface area contributed by atoms with Crippen molar-refractivity contribution >= 4 is 5.91 Å². The zero-order valence-corrected chi connectivity index (χ0v) is 12.3. The lowest BCUT2D eigenvalue weighted by molar-refractivity contribution is -0.134. The average Bonchev–Trinajstić information content (AvgIpc) is 3.17. The molecule has 1 aliphatic heterocycles. The molecule has 1 fully saturated rings. The Hall–Kier alpha value is -2.08. The summed E-state index contributed by atoms with van der Waals surface area (Å²) in [6, 6.07) is 3.72. The predicted octanol–water partition coefficient (Wildman–Crippen LogP) is 0.975. The number of aromatic nitrogens is 2. The van der Waals surface area contributed by atoms with Crippen LogP contribution in [0.1, 0.15) is 17.4 Å². The molecule has 21 heavy (non-hydrogen) atoms. The lowest BCUT2D eigenvalue weighted by Crippen LogP contribution is -2.35. The van der Waals surface area contributed by atoms with Gasteiger partial charge in [0.25, 0.3) is 0 Å². The molecule has 1 saturated heterocycles. The fraction of sp³-hybridized carbons (Fsp3) is 0.467. The van der Waals surface area contributed by atoms with E-state index in [0.717, 1.165) is 18.0 Å². The summed E-state index contributed by atoms with van der Waals surface area (Å²) in [6.07, 6.45) is 5.40. The molecule has 0 spiro atoms. The van der Waals surface area contributed by atoms with Crippen molar-refractivity contribution in [1.29, 1.82) is 0 Å². The van der Waals surface area contributed by atoms with Crippen molar-refractivity contribution in [3.05, 3.63) is 42.4 Å². The number of furan rings is 1. The summed E-state index contributed by atoms with van der Waals surface area (Å²) < 4.78 is 7.22. The van der Waals surface area contributed by atoms with Gasteiger partial charge in [-0.05, 0) is 12.1 Å². The van der Waals surface area contributed by atoms with Gasteiger partial charge in [0, 0.05) is 39.3 Å². The smallest absolute Gasteiger partial charge is 0.227 e. The van der Waals surface area contributed by atoms with Crippen molar-refractivity contribution in [3.8, 4) is 0 Å². The van der Waals surface area contributed by atoms with Crippen molar-refractivity contribution in [3.63, 3.8) is 0 Å². The number of nitrogens with zero attached hydrogens (tertiary/aromatic N) is 3. The second-order valence-electron chi connectivity index (χ2n) is 5.61. The van der Waals surface area contributed by atoms with Crippen LogP contribution in [0, 0.1) is 5.92 Å². The highest BCUT2D eigenvalue weighted by molar-refractivity contribution is 5.80. The minimum absolute atomic E-state index is 0.0696. The van der Waals surface area contributed by atoms with Gasteiger partial charge < -0.3 is 19.2 Å². The molecule has 0 bridgehead atoms. The molecule has 3 heterocycles. The lowest BCUT2D eigenvalue weighted by Gasteiger charge is -2.23. The van der Waals surface area contributed by atoms with E-state index in [1.165, 1.54) is 0 Å². The maximum absolute atomic E-state index is 12.7. The Kier molecular flexibility index (Phi) is 3.79. The zero-order valence-electron chi connectivity index (χ0n) is 12.3. The van der Waals surface area contributed by atoms with Crippen molar-refractivity contribution in [2.24, 2.45) is 13.0 Å². The first-order valence-electron chi connectivity index (χ1n) is 7.11. The third-order valence-corrected chi connectivity index (χ3v) is 3.99. The van der Waals surface area contributed by atoms with Gasteiger partial charge in [-0.15, -0.1) is 0 Å². The Morgan fingerprint density at radius 3 is 3.10 bits per heavy atom. The summed E-state index contributed by atoms with van der Waals surface area (Å²) in [7, 11) is 3.76. The van der Waals surface area contributed by atoms with Gasteiger partial charge in [0.2, 0.25) is 5.91 Å². The van der Waals surface area contributed by atoms with E-state index in [4.69, 9.17) is 4.42 Å². The van der Waals surface area contributed by atoms with Gasteiger partial charge in [0.1, 0.15) is 5.76 Å². The van der Waals surface area contributed by atoms with Crippen LogP contribution in [-0.4, -0.2) is 40.5 Å². The minimum atomic E-state index is -0.0696. The summed E-state index contributed by atoms with van der Waals surface area (Å²) >= 11 is 0. The molecular formula is C15H20N4O2. The molecule has 2 atom stereocenters. The first-order chi connectivity index (χ1) is 10.1. The first-order valence-corrected chi connectivity index (χ1v) is 7.11. The van der Waals surface area contributed by atoms with E-state index >= 15 is 0 Å². The number of imidazole rings is 1. The van der Waals surface area contributed by atoms with Crippen molar-refractivity contribution in [2.45, 2.75) is 12.5 Å². The molecule has 0 radical (unpaired) electrons. The van der Waals surface area contributed by atoms with E-state index in [-0.39, 0.29) is 17.7 Å². The molecule has 1 N–H and O–H groups in total. The fourth-order valence-electron chi connectivity index (χ4n) is 2.87. The predicted molar refractivity (Wildman–Crippen MR) is 77.5 cm³/mol. The Labute approximate surface area is 123 Å². The Morgan fingerprint density at radius 1 is 1.57 bits per heavy atom. The molecule has 0 unspecified atom stereocenters. The molecule has 112 valence electrons. The van der Waals surface area contributed by atoms with E-state index in [1.807, 2.05) is 37.0 Å².